The Morgan fingerprint density at radius 1 is 1.08 bits per heavy atom. The Morgan fingerprint density at radius 2 is 1.79 bits per heavy atom. The van der Waals surface area contributed by atoms with Gasteiger partial charge in [-0.05, 0) is 39.0 Å². The second kappa shape index (κ2) is 6.48. The van der Waals surface area contributed by atoms with Crippen molar-refractivity contribution in [2.75, 3.05) is 4.72 Å². The quantitative estimate of drug-likeness (QED) is 0.652. The lowest BCUT2D eigenvalue weighted by Crippen LogP contribution is -2.13. The molecule has 0 fully saturated rings. The Bertz CT molecular complexity index is 987. The summed E-state index contributed by atoms with van der Waals surface area (Å²) in [6.45, 7) is 5.75. The molecule has 4 nitrogen and oxygen atoms in total. The van der Waals surface area contributed by atoms with Gasteiger partial charge in [0, 0.05) is 9.75 Å². The van der Waals surface area contributed by atoms with Gasteiger partial charge in [-0.3, -0.25) is 4.72 Å². The molecule has 24 heavy (non-hydrogen) atoms. The number of nitrogens with one attached hydrogen (secondary N) is 1. The lowest BCUT2D eigenvalue weighted by molar-refractivity contribution is 0.601. The van der Waals surface area contributed by atoms with Crippen molar-refractivity contribution in [2.24, 2.45) is 0 Å². The summed E-state index contributed by atoms with van der Waals surface area (Å²) in [5.41, 5.74) is 1.34. The number of aromatic nitrogens is 1. The third kappa shape index (κ3) is 3.35. The molecule has 1 N–H and O–H groups in total. The Balaban J connectivity index is 1.98. The van der Waals surface area contributed by atoms with Gasteiger partial charge in [-0.2, -0.15) is 0 Å². The molecule has 0 bridgehead atoms. The molecule has 8 heteroatoms. The standard InChI is InChI=1S/C16H15ClN2O2S3/c1-9-10(2)23-16(18-9)14-8-15(11(3)22-14)24(20,21)19-13-7-5-4-6-12(13)17/h4-8,19H,1-3H3. The molecule has 0 saturated carbocycles. The van der Waals surface area contributed by atoms with Crippen LogP contribution in [0.1, 0.15) is 15.4 Å². The molecule has 2 heterocycles. The number of halogens is 1. The number of thiazole rings is 1. The van der Waals surface area contributed by atoms with Gasteiger partial charge in [-0.1, -0.05) is 23.7 Å². The molecule has 0 unspecified atom stereocenters. The molecule has 0 aliphatic carbocycles. The molecule has 0 saturated heterocycles. The summed E-state index contributed by atoms with van der Waals surface area (Å²) in [5.74, 6) is 0. The van der Waals surface area contributed by atoms with Crippen LogP contribution in [0.15, 0.2) is 35.2 Å². The number of benzene rings is 1. The van der Waals surface area contributed by atoms with E-state index in [0.29, 0.717) is 10.7 Å². The van der Waals surface area contributed by atoms with E-state index in [2.05, 4.69) is 9.71 Å². The average Bonchev–Trinajstić information content (AvgIpc) is 3.05. The van der Waals surface area contributed by atoms with E-state index in [1.165, 1.54) is 11.3 Å². The largest absolute Gasteiger partial charge is 0.278 e. The summed E-state index contributed by atoms with van der Waals surface area (Å²) in [7, 11) is -3.70. The predicted molar refractivity (Wildman–Crippen MR) is 102 cm³/mol. The van der Waals surface area contributed by atoms with Crippen LogP contribution in [0.25, 0.3) is 9.88 Å². The number of hydrogen-bond donors (Lipinski definition) is 1. The van der Waals surface area contributed by atoms with E-state index in [1.54, 1.807) is 48.6 Å². The number of anilines is 1. The maximum absolute atomic E-state index is 12.7. The van der Waals surface area contributed by atoms with Crippen LogP contribution in [0.4, 0.5) is 5.69 Å². The van der Waals surface area contributed by atoms with Gasteiger partial charge in [-0.25, -0.2) is 13.4 Å². The third-order valence-electron chi connectivity index (χ3n) is 3.52. The minimum Gasteiger partial charge on any atom is -0.278 e. The summed E-state index contributed by atoms with van der Waals surface area (Å²) in [6.07, 6.45) is 0. The fourth-order valence-corrected chi connectivity index (χ4v) is 6.03. The first-order chi connectivity index (χ1) is 11.3. The highest BCUT2D eigenvalue weighted by molar-refractivity contribution is 7.93. The highest BCUT2D eigenvalue weighted by Crippen LogP contribution is 2.37. The Hall–Kier alpha value is -1.41. The topological polar surface area (TPSA) is 59.1 Å². The van der Waals surface area contributed by atoms with Gasteiger partial charge >= 0.3 is 0 Å². The molecule has 0 aliphatic rings. The van der Waals surface area contributed by atoms with Crippen LogP contribution in [0, 0.1) is 20.8 Å². The predicted octanol–water partition coefficient (Wildman–Crippen LogP) is 5.25. The van der Waals surface area contributed by atoms with Crippen molar-refractivity contribution in [3.8, 4) is 9.88 Å². The van der Waals surface area contributed by atoms with Crippen molar-refractivity contribution in [3.05, 3.63) is 50.8 Å². The second-order valence-corrected chi connectivity index (χ2v) is 9.79. The van der Waals surface area contributed by atoms with Gasteiger partial charge in [0.1, 0.15) is 9.90 Å². The zero-order valence-corrected chi connectivity index (χ0v) is 16.5. The zero-order chi connectivity index (χ0) is 17.5. The number of thiophene rings is 1. The van der Waals surface area contributed by atoms with Crippen molar-refractivity contribution in [3.63, 3.8) is 0 Å². The smallest absolute Gasteiger partial charge is 0.263 e. The molecule has 1 aromatic carbocycles. The number of para-hydroxylation sites is 1. The summed E-state index contributed by atoms with van der Waals surface area (Å²) >= 11 is 9.04. The van der Waals surface area contributed by atoms with E-state index in [1.807, 2.05) is 13.8 Å². The number of rotatable bonds is 4. The van der Waals surface area contributed by atoms with Crippen molar-refractivity contribution in [1.82, 2.24) is 4.98 Å². The molecule has 0 amide bonds. The molecule has 126 valence electrons. The van der Waals surface area contributed by atoms with Crippen molar-refractivity contribution in [1.29, 1.82) is 0 Å². The fourth-order valence-electron chi connectivity index (χ4n) is 2.16. The van der Waals surface area contributed by atoms with E-state index in [-0.39, 0.29) is 4.90 Å². The average molecular weight is 399 g/mol. The van der Waals surface area contributed by atoms with Gasteiger partial charge in [0.25, 0.3) is 10.0 Å². The van der Waals surface area contributed by atoms with E-state index >= 15 is 0 Å². The lowest BCUT2D eigenvalue weighted by atomic mass is 10.3. The van der Waals surface area contributed by atoms with Crippen LogP contribution >= 0.6 is 34.3 Å². The molecule has 3 rings (SSSR count). The van der Waals surface area contributed by atoms with Crippen molar-refractivity contribution >= 4 is 50.0 Å². The molecular formula is C16H15ClN2O2S3. The van der Waals surface area contributed by atoms with E-state index in [9.17, 15) is 8.42 Å². The molecule has 0 aliphatic heterocycles. The minimum absolute atomic E-state index is 0.257. The maximum atomic E-state index is 12.7. The molecule has 2 aromatic heterocycles. The van der Waals surface area contributed by atoms with Crippen LogP contribution in [-0.4, -0.2) is 13.4 Å². The number of nitrogens with zero attached hydrogens (tertiary/aromatic N) is 1. The van der Waals surface area contributed by atoms with Gasteiger partial charge < -0.3 is 0 Å². The van der Waals surface area contributed by atoms with Gasteiger partial charge in [0.05, 0.1) is 21.3 Å². The van der Waals surface area contributed by atoms with Crippen molar-refractivity contribution in [2.45, 2.75) is 25.7 Å². The Labute approximate surface area is 154 Å². The second-order valence-electron chi connectivity index (χ2n) is 5.28. The van der Waals surface area contributed by atoms with Crippen LogP contribution in [0.5, 0.6) is 0 Å². The molecule has 0 radical (unpaired) electrons. The van der Waals surface area contributed by atoms with Crippen LogP contribution in [0.2, 0.25) is 5.02 Å². The number of aryl methyl sites for hydroxylation is 3. The highest BCUT2D eigenvalue weighted by Gasteiger charge is 2.22. The molecule has 0 atom stereocenters. The Morgan fingerprint density at radius 3 is 2.42 bits per heavy atom. The first kappa shape index (κ1) is 17.4. The van der Waals surface area contributed by atoms with Crippen LogP contribution < -0.4 is 4.72 Å². The van der Waals surface area contributed by atoms with Crippen LogP contribution in [0.3, 0.4) is 0 Å². The minimum atomic E-state index is -3.70. The fraction of sp³-hybridized carbons (Fsp3) is 0.188. The third-order valence-corrected chi connectivity index (χ3v) is 7.76. The van der Waals surface area contributed by atoms with Gasteiger partial charge in [0.15, 0.2) is 0 Å². The first-order valence-corrected chi connectivity index (χ1v) is 10.6. The first-order valence-electron chi connectivity index (χ1n) is 7.10. The summed E-state index contributed by atoms with van der Waals surface area (Å²) < 4.78 is 28.0. The lowest BCUT2D eigenvalue weighted by Gasteiger charge is -2.08. The Kier molecular flexibility index (Phi) is 4.70. The summed E-state index contributed by atoms with van der Waals surface area (Å²) in [5, 5.41) is 1.21. The SMILES string of the molecule is Cc1nc(-c2cc(S(=O)(=O)Nc3ccccc3Cl)c(C)s2)sc1C. The molecule has 0 spiro atoms. The highest BCUT2D eigenvalue weighted by atomic mass is 35.5. The van der Waals surface area contributed by atoms with Gasteiger partial charge in [0.2, 0.25) is 0 Å². The molecular weight excluding hydrogens is 384 g/mol. The van der Waals surface area contributed by atoms with Crippen molar-refractivity contribution < 1.29 is 8.42 Å². The number of hydrogen-bond acceptors (Lipinski definition) is 5. The maximum Gasteiger partial charge on any atom is 0.263 e. The van der Waals surface area contributed by atoms with E-state index in [4.69, 9.17) is 11.6 Å². The summed E-state index contributed by atoms with van der Waals surface area (Å²) in [6, 6.07) is 8.44. The zero-order valence-electron chi connectivity index (χ0n) is 13.3. The molecule has 3 aromatic rings. The number of sulfonamides is 1. The van der Waals surface area contributed by atoms with E-state index < -0.39 is 10.0 Å². The van der Waals surface area contributed by atoms with E-state index in [0.717, 1.165) is 25.3 Å². The van der Waals surface area contributed by atoms with Crippen LogP contribution in [-0.2, 0) is 10.0 Å². The summed E-state index contributed by atoms with van der Waals surface area (Å²) in [4.78, 5) is 7.47. The van der Waals surface area contributed by atoms with Gasteiger partial charge in [-0.15, -0.1) is 22.7 Å². The normalized spacial score (nSPS) is 11.7. The monoisotopic (exact) mass is 398 g/mol.